The lowest BCUT2D eigenvalue weighted by Gasteiger charge is -2.41. The summed E-state index contributed by atoms with van der Waals surface area (Å²) in [6.45, 7) is 4.75. The number of nitrogens with zero attached hydrogens (tertiary/aromatic N) is 3. The van der Waals surface area contributed by atoms with Gasteiger partial charge in [-0.2, -0.15) is 4.31 Å². The van der Waals surface area contributed by atoms with E-state index in [4.69, 9.17) is 0 Å². The monoisotopic (exact) mass is 367 g/mol. The molecule has 25 heavy (non-hydrogen) atoms. The highest BCUT2D eigenvalue weighted by molar-refractivity contribution is 7.89. The van der Waals surface area contributed by atoms with E-state index in [-0.39, 0.29) is 10.6 Å². The fourth-order valence-corrected chi connectivity index (χ4v) is 5.35. The standard InChI is InChI=1S/C17H25N3O4S/c1-14-3-2-4-16(13-14)18-9-11-19(12-10-18)25(23,24)17-7-5-15(6-8-17)20(21)22/h5-8,14,16H,2-4,9-13H2,1H3/t14-,16-/m1/s1. The first kappa shape index (κ1) is 18.3. The van der Waals surface area contributed by atoms with Gasteiger partial charge in [-0.15, -0.1) is 0 Å². The molecule has 0 radical (unpaired) electrons. The quantitative estimate of drug-likeness (QED) is 0.603. The average molecular weight is 367 g/mol. The summed E-state index contributed by atoms with van der Waals surface area (Å²) in [6.07, 6.45) is 4.96. The number of hydrogen-bond donors (Lipinski definition) is 0. The Bertz CT molecular complexity index is 712. The van der Waals surface area contributed by atoms with Crippen molar-refractivity contribution in [2.75, 3.05) is 26.2 Å². The molecule has 138 valence electrons. The topological polar surface area (TPSA) is 83.8 Å². The van der Waals surface area contributed by atoms with Crippen molar-refractivity contribution in [2.45, 2.75) is 43.5 Å². The summed E-state index contributed by atoms with van der Waals surface area (Å²) in [4.78, 5) is 12.7. The molecule has 1 aliphatic heterocycles. The first-order valence-corrected chi connectivity index (χ1v) is 10.3. The van der Waals surface area contributed by atoms with Crippen LogP contribution in [0.1, 0.15) is 32.6 Å². The van der Waals surface area contributed by atoms with Gasteiger partial charge >= 0.3 is 0 Å². The summed E-state index contributed by atoms with van der Waals surface area (Å²) in [7, 11) is -3.59. The van der Waals surface area contributed by atoms with E-state index in [2.05, 4.69) is 11.8 Å². The van der Waals surface area contributed by atoms with Crippen LogP contribution in [0.15, 0.2) is 29.2 Å². The lowest BCUT2D eigenvalue weighted by molar-refractivity contribution is -0.384. The highest BCUT2D eigenvalue weighted by atomic mass is 32.2. The first-order chi connectivity index (χ1) is 11.9. The van der Waals surface area contributed by atoms with E-state index in [1.165, 1.54) is 54.3 Å². The Kier molecular flexibility index (Phi) is 5.41. The Morgan fingerprint density at radius 2 is 1.72 bits per heavy atom. The van der Waals surface area contributed by atoms with Crippen molar-refractivity contribution in [1.82, 2.24) is 9.21 Å². The average Bonchev–Trinajstić information content (AvgIpc) is 2.62. The molecule has 2 atom stereocenters. The summed E-state index contributed by atoms with van der Waals surface area (Å²) in [6, 6.07) is 5.71. The fourth-order valence-electron chi connectivity index (χ4n) is 3.93. The molecule has 2 aliphatic rings. The van der Waals surface area contributed by atoms with Crippen molar-refractivity contribution in [3.8, 4) is 0 Å². The fraction of sp³-hybridized carbons (Fsp3) is 0.647. The molecule has 1 heterocycles. The van der Waals surface area contributed by atoms with E-state index >= 15 is 0 Å². The summed E-state index contributed by atoms with van der Waals surface area (Å²) < 4.78 is 27.0. The third-order valence-electron chi connectivity index (χ3n) is 5.38. The van der Waals surface area contributed by atoms with Gasteiger partial charge in [0.1, 0.15) is 0 Å². The zero-order valence-corrected chi connectivity index (χ0v) is 15.3. The molecular weight excluding hydrogens is 342 g/mol. The highest BCUT2D eigenvalue weighted by Crippen LogP contribution is 2.29. The summed E-state index contributed by atoms with van der Waals surface area (Å²) in [5.41, 5.74) is -0.102. The third kappa shape index (κ3) is 4.02. The molecule has 1 aliphatic carbocycles. The molecule has 0 bridgehead atoms. The molecule has 1 aromatic carbocycles. The van der Waals surface area contributed by atoms with Gasteiger partial charge in [0, 0.05) is 44.4 Å². The van der Waals surface area contributed by atoms with E-state index in [1.54, 1.807) is 0 Å². The van der Waals surface area contributed by atoms with Gasteiger partial charge in [-0.25, -0.2) is 8.42 Å². The van der Waals surface area contributed by atoms with Crippen LogP contribution in [0.2, 0.25) is 0 Å². The molecule has 8 heteroatoms. The number of piperazine rings is 1. The molecule has 0 unspecified atom stereocenters. The predicted molar refractivity (Wildman–Crippen MR) is 94.8 cm³/mol. The van der Waals surface area contributed by atoms with Crippen LogP contribution in [0, 0.1) is 16.0 Å². The maximum atomic E-state index is 12.7. The molecule has 3 rings (SSSR count). The zero-order valence-electron chi connectivity index (χ0n) is 14.5. The van der Waals surface area contributed by atoms with E-state index in [0.29, 0.717) is 19.1 Å². The molecular formula is C17H25N3O4S. The minimum absolute atomic E-state index is 0.102. The van der Waals surface area contributed by atoms with Crippen molar-refractivity contribution in [2.24, 2.45) is 5.92 Å². The number of benzene rings is 1. The van der Waals surface area contributed by atoms with Gasteiger partial charge in [-0.3, -0.25) is 15.0 Å². The summed E-state index contributed by atoms with van der Waals surface area (Å²) in [5.74, 6) is 0.751. The van der Waals surface area contributed by atoms with E-state index in [9.17, 15) is 18.5 Å². The van der Waals surface area contributed by atoms with Gasteiger partial charge in [0.2, 0.25) is 10.0 Å². The Hall–Kier alpha value is -1.51. The largest absolute Gasteiger partial charge is 0.298 e. The Morgan fingerprint density at radius 1 is 1.08 bits per heavy atom. The van der Waals surface area contributed by atoms with Crippen LogP contribution in [0.5, 0.6) is 0 Å². The molecule has 0 spiro atoms. The van der Waals surface area contributed by atoms with Crippen LogP contribution in [0.4, 0.5) is 5.69 Å². The van der Waals surface area contributed by atoms with Crippen molar-refractivity contribution in [3.05, 3.63) is 34.4 Å². The molecule has 1 saturated heterocycles. The van der Waals surface area contributed by atoms with Gasteiger partial charge in [0.05, 0.1) is 9.82 Å². The van der Waals surface area contributed by atoms with Crippen molar-refractivity contribution < 1.29 is 13.3 Å². The molecule has 0 N–H and O–H groups in total. The van der Waals surface area contributed by atoms with Crippen LogP contribution in [0.3, 0.4) is 0 Å². The van der Waals surface area contributed by atoms with Crippen LogP contribution in [-0.4, -0.2) is 54.8 Å². The van der Waals surface area contributed by atoms with E-state index in [1.807, 2.05) is 0 Å². The van der Waals surface area contributed by atoms with Crippen molar-refractivity contribution >= 4 is 15.7 Å². The third-order valence-corrected chi connectivity index (χ3v) is 7.30. The number of rotatable bonds is 4. The Labute approximate surface area is 148 Å². The van der Waals surface area contributed by atoms with Crippen LogP contribution in [0.25, 0.3) is 0 Å². The second kappa shape index (κ2) is 7.39. The maximum Gasteiger partial charge on any atom is 0.269 e. The van der Waals surface area contributed by atoms with Crippen LogP contribution in [-0.2, 0) is 10.0 Å². The first-order valence-electron chi connectivity index (χ1n) is 8.86. The zero-order chi connectivity index (χ0) is 18.0. The number of nitro groups is 1. The van der Waals surface area contributed by atoms with Gasteiger partial charge in [0.25, 0.3) is 5.69 Å². The molecule has 1 aromatic rings. The van der Waals surface area contributed by atoms with Crippen LogP contribution >= 0.6 is 0 Å². The van der Waals surface area contributed by atoms with E-state index < -0.39 is 14.9 Å². The van der Waals surface area contributed by atoms with Crippen molar-refractivity contribution in [3.63, 3.8) is 0 Å². The van der Waals surface area contributed by atoms with Gasteiger partial charge < -0.3 is 0 Å². The SMILES string of the molecule is C[C@@H]1CCC[C@@H](N2CCN(S(=O)(=O)c3ccc([N+](=O)[O-])cc3)CC2)C1. The lowest BCUT2D eigenvalue weighted by atomic mass is 9.86. The minimum Gasteiger partial charge on any atom is -0.298 e. The maximum absolute atomic E-state index is 12.7. The number of non-ortho nitro benzene ring substituents is 1. The minimum atomic E-state index is -3.59. The summed E-state index contributed by atoms with van der Waals surface area (Å²) in [5, 5.41) is 10.7. The number of hydrogen-bond acceptors (Lipinski definition) is 5. The Balaban J connectivity index is 1.64. The number of nitro benzene ring substituents is 1. The highest BCUT2D eigenvalue weighted by Gasteiger charge is 2.32. The second-order valence-electron chi connectivity index (χ2n) is 7.12. The van der Waals surface area contributed by atoms with E-state index in [0.717, 1.165) is 19.0 Å². The smallest absolute Gasteiger partial charge is 0.269 e. The number of sulfonamides is 1. The van der Waals surface area contributed by atoms with Gasteiger partial charge in [-0.05, 0) is 30.9 Å². The molecule has 7 nitrogen and oxygen atoms in total. The van der Waals surface area contributed by atoms with Crippen molar-refractivity contribution in [1.29, 1.82) is 0 Å². The van der Waals surface area contributed by atoms with Gasteiger partial charge in [-0.1, -0.05) is 19.8 Å². The van der Waals surface area contributed by atoms with Crippen LogP contribution < -0.4 is 0 Å². The van der Waals surface area contributed by atoms with Gasteiger partial charge in [0.15, 0.2) is 0 Å². The second-order valence-corrected chi connectivity index (χ2v) is 9.05. The summed E-state index contributed by atoms with van der Waals surface area (Å²) >= 11 is 0. The Morgan fingerprint density at radius 3 is 2.28 bits per heavy atom. The molecule has 2 fully saturated rings. The molecule has 1 saturated carbocycles. The normalized spacial score (nSPS) is 26.4. The predicted octanol–water partition coefficient (Wildman–Crippen LogP) is 2.48. The molecule has 0 aromatic heterocycles. The lowest BCUT2D eigenvalue weighted by Crippen LogP contribution is -2.52. The molecule has 0 amide bonds.